The number of amidine groups is 1. The zero-order valence-corrected chi connectivity index (χ0v) is 8.66. The zero-order valence-electron chi connectivity index (χ0n) is 8.66. The van der Waals surface area contributed by atoms with Gasteiger partial charge < -0.3 is 14.9 Å². The van der Waals surface area contributed by atoms with Crippen LogP contribution >= 0.6 is 0 Å². The fourth-order valence-corrected chi connectivity index (χ4v) is 1.45. The van der Waals surface area contributed by atoms with Crippen LogP contribution in [0.3, 0.4) is 0 Å². The van der Waals surface area contributed by atoms with Gasteiger partial charge in [0.05, 0.1) is 13.2 Å². The monoisotopic (exact) mass is 201 g/mol. The molecule has 1 atom stereocenters. The van der Waals surface area contributed by atoms with E-state index in [-0.39, 0.29) is 6.10 Å². The minimum atomic E-state index is 0.0469. The molecular weight excluding hydrogens is 182 g/mol. The summed E-state index contributed by atoms with van der Waals surface area (Å²) in [5, 5.41) is 0. The van der Waals surface area contributed by atoms with Crippen molar-refractivity contribution in [2.45, 2.75) is 25.4 Å². The van der Waals surface area contributed by atoms with E-state index in [2.05, 4.69) is 10.4 Å². The van der Waals surface area contributed by atoms with Crippen LogP contribution in [-0.4, -0.2) is 38.8 Å². The zero-order chi connectivity index (χ0) is 10.2. The van der Waals surface area contributed by atoms with Gasteiger partial charge in [-0.2, -0.15) is 0 Å². The van der Waals surface area contributed by atoms with Crippen LogP contribution in [0.1, 0.15) is 19.3 Å². The second kappa shape index (κ2) is 6.75. The molecule has 0 aromatic rings. The molecule has 5 nitrogen and oxygen atoms in total. The quantitative estimate of drug-likeness (QED) is 0.222. The fraction of sp³-hybridized carbons (Fsp3) is 0.889. The molecule has 82 valence electrons. The van der Waals surface area contributed by atoms with Crippen LogP contribution in [0.5, 0.6) is 0 Å². The molecule has 1 aliphatic heterocycles. The third-order valence-electron chi connectivity index (χ3n) is 2.21. The Labute approximate surface area is 84.6 Å². The lowest BCUT2D eigenvalue weighted by atomic mass is 10.1. The third kappa shape index (κ3) is 3.61. The highest BCUT2D eigenvalue weighted by molar-refractivity contribution is 5.86. The summed E-state index contributed by atoms with van der Waals surface area (Å²) in [4.78, 5) is 4.29. The summed E-state index contributed by atoms with van der Waals surface area (Å²) in [6, 6.07) is 0. The summed E-state index contributed by atoms with van der Waals surface area (Å²) >= 11 is 0. The van der Waals surface area contributed by atoms with Gasteiger partial charge in [-0.15, -0.1) is 0 Å². The molecule has 0 bridgehead atoms. The first-order valence-electron chi connectivity index (χ1n) is 5.00. The van der Waals surface area contributed by atoms with Crippen molar-refractivity contribution in [3.63, 3.8) is 0 Å². The maximum Gasteiger partial charge on any atom is 0.140 e. The number of ether oxygens (including phenoxy) is 2. The molecule has 0 saturated carbocycles. The molecule has 0 spiro atoms. The van der Waals surface area contributed by atoms with Gasteiger partial charge in [0.15, 0.2) is 0 Å². The number of rotatable bonds is 4. The van der Waals surface area contributed by atoms with E-state index in [4.69, 9.17) is 15.3 Å². The van der Waals surface area contributed by atoms with Crippen molar-refractivity contribution >= 4 is 5.84 Å². The van der Waals surface area contributed by atoms with Crippen molar-refractivity contribution in [1.82, 2.24) is 5.43 Å². The first kappa shape index (κ1) is 11.4. The number of hydrogen-bond acceptors (Lipinski definition) is 4. The number of methoxy groups -OCH3 is 1. The van der Waals surface area contributed by atoms with Crippen LogP contribution in [-0.2, 0) is 9.47 Å². The van der Waals surface area contributed by atoms with Crippen LogP contribution < -0.4 is 11.3 Å². The van der Waals surface area contributed by atoms with E-state index >= 15 is 0 Å². The Balaban J connectivity index is 2.38. The average molecular weight is 201 g/mol. The normalized spacial score (nSPS) is 23.6. The Morgan fingerprint density at radius 1 is 1.64 bits per heavy atom. The van der Waals surface area contributed by atoms with Gasteiger partial charge in [-0.3, -0.25) is 4.99 Å². The average Bonchev–Trinajstić information content (AvgIpc) is 2.26. The topological polar surface area (TPSA) is 68.9 Å². The molecule has 1 heterocycles. The highest BCUT2D eigenvalue weighted by Gasteiger charge is 2.18. The molecule has 1 fully saturated rings. The van der Waals surface area contributed by atoms with Gasteiger partial charge in [-0.1, -0.05) is 0 Å². The van der Waals surface area contributed by atoms with E-state index in [1.54, 1.807) is 7.11 Å². The van der Waals surface area contributed by atoms with E-state index in [9.17, 15) is 0 Å². The maximum atomic E-state index is 5.55. The predicted octanol–water partition coefficient (Wildman–Crippen LogP) is 0.0637. The van der Waals surface area contributed by atoms with Crippen molar-refractivity contribution < 1.29 is 9.47 Å². The van der Waals surface area contributed by atoms with Crippen molar-refractivity contribution in [3.05, 3.63) is 0 Å². The van der Waals surface area contributed by atoms with Gasteiger partial charge in [0.2, 0.25) is 0 Å². The van der Waals surface area contributed by atoms with Crippen LogP contribution in [0.25, 0.3) is 0 Å². The largest absolute Gasteiger partial charge is 0.383 e. The van der Waals surface area contributed by atoms with Crippen LogP contribution in [0.4, 0.5) is 0 Å². The van der Waals surface area contributed by atoms with Gasteiger partial charge in [-0.25, -0.2) is 5.84 Å². The summed E-state index contributed by atoms with van der Waals surface area (Å²) in [6.07, 6.45) is 3.35. The number of hydrazine groups is 1. The first-order valence-corrected chi connectivity index (χ1v) is 5.00. The molecule has 1 aliphatic rings. The standard InChI is InChI=1S/C9H19N3O2/c1-13-7-5-11-9(12-10)8-4-2-3-6-14-8/h8H,2-7,10H2,1H3,(H,11,12). The van der Waals surface area contributed by atoms with Gasteiger partial charge in [-0.05, 0) is 19.3 Å². The minimum absolute atomic E-state index is 0.0469. The predicted molar refractivity (Wildman–Crippen MR) is 55.1 cm³/mol. The fourth-order valence-electron chi connectivity index (χ4n) is 1.45. The molecule has 3 N–H and O–H groups in total. The van der Waals surface area contributed by atoms with Crippen molar-refractivity contribution in [1.29, 1.82) is 0 Å². The van der Waals surface area contributed by atoms with Gasteiger partial charge >= 0.3 is 0 Å². The lowest BCUT2D eigenvalue weighted by Crippen LogP contribution is -2.42. The Morgan fingerprint density at radius 3 is 3.07 bits per heavy atom. The summed E-state index contributed by atoms with van der Waals surface area (Å²) < 4.78 is 10.5. The number of hydrogen-bond donors (Lipinski definition) is 2. The Bertz CT molecular complexity index is 179. The van der Waals surface area contributed by atoms with Crippen LogP contribution in [0, 0.1) is 0 Å². The summed E-state index contributed by atoms with van der Waals surface area (Å²) in [5.74, 6) is 6.12. The summed E-state index contributed by atoms with van der Waals surface area (Å²) in [6.45, 7) is 2.03. The highest BCUT2D eigenvalue weighted by atomic mass is 16.5. The molecule has 1 unspecified atom stereocenters. The molecule has 0 amide bonds. The summed E-state index contributed by atoms with van der Waals surface area (Å²) in [7, 11) is 1.65. The molecule has 0 aromatic carbocycles. The number of aliphatic imine (C=N–C) groups is 1. The van der Waals surface area contributed by atoms with Crippen molar-refractivity contribution in [2.24, 2.45) is 10.8 Å². The van der Waals surface area contributed by atoms with Crippen LogP contribution in [0.15, 0.2) is 4.99 Å². The molecule has 5 heteroatoms. The van der Waals surface area contributed by atoms with E-state index in [0.29, 0.717) is 13.2 Å². The second-order valence-corrected chi connectivity index (χ2v) is 3.26. The Hall–Kier alpha value is -0.650. The second-order valence-electron chi connectivity index (χ2n) is 3.26. The minimum Gasteiger partial charge on any atom is -0.383 e. The molecule has 1 rings (SSSR count). The SMILES string of the molecule is COCCN=C(NN)C1CCCCO1. The van der Waals surface area contributed by atoms with Crippen LogP contribution in [0.2, 0.25) is 0 Å². The number of nitrogens with one attached hydrogen (secondary N) is 1. The highest BCUT2D eigenvalue weighted by Crippen LogP contribution is 2.12. The third-order valence-corrected chi connectivity index (χ3v) is 2.21. The Kier molecular flexibility index (Phi) is 5.51. The molecule has 1 saturated heterocycles. The van der Waals surface area contributed by atoms with E-state index in [0.717, 1.165) is 25.3 Å². The molecule has 14 heavy (non-hydrogen) atoms. The van der Waals surface area contributed by atoms with Crippen molar-refractivity contribution in [3.8, 4) is 0 Å². The first-order chi connectivity index (χ1) is 6.88. The molecule has 0 aromatic heterocycles. The van der Waals surface area contributed by atoms with Gasteiger partial charge in [0, 0.05) is 13.7 Å². The van der Waals surface area contributed by atoms with Crippen molar-refractivity contribution in [2.75, 3.05) is 26.9 Å². The lowest BCUT2D eigenvalue weighted by Gasteiger charge is -2.23. The smallest absolute Gasteiger partial charge is 0.140 e. The number of nitrogens with zero attached hydrogens (tertiary/aromatic N) is 1. The lowest BCUT2D eigenvalue weighted by molar-refractivity contribution is 0.0562. The van der Waals surface area contributed by atoms with E-state index < -0.39 is 0 Å². The number of nitrogens with two attached hydrogens (primary N) is 1. The molecular formula is C9H19N3O2. The van der Waals surface area contributed by atoms with Gasteiger partial charge in [0.1, 0.15) is 11.9 Å². The molecule has 0 aliphatic carbocycles. The summed E-state index contributed by atoms with van der Waals surface area (Å²) in [5.41, 5.74) is 2.60. The maximum absolute atomic E-state index is 5.55. The Morgan fingerprint density at radius 2 is 2.50 bits per heavy atom. The van der Waals surface area contributed by atoms with E-state index in [1.165, 1.54) is 6.42 Å². The van der Waals surface area contributed by atoms with E-state index in [1.807, 2.05) is 0 Å². The molecule has 0 radical (unpaired) electrons. The van der Waals surface area contributed by atoms with Gasteiger partial charge in [0.25, 0.3) is 0 Å².